The summed E-state index contributed by atoms with van der Waals surface area (Å²) in [5.41, 5.74) is 2.86. The molecule has 0 saturated carbocycles. The molecule has 0 heterocycles. The molecule has 236 valence electrons. The van der Waals surface area contributed by atoms with E-state index < -0.39 is 28.5 Å². The zero-order valence-corrected chi connectivity index (χ0v) is 27.3. The van der Waals surface area contributed by atoms with Crippen molar-refractivity contribution in [2.24, 2.45) is 0 Å². The largest absolute Gasteiger partial charge is 0.354 e. The van der Waals surface area contributed by atoms with Crippen LogP contribution in [0.25, 0.3) is 0 Å². The Bertz CT molecular complexity index is 1650. The number of carbonyl (C=O) groups excluding carboxylic acids is 2. The van der Waals surface area contributed by atoms with Gasteiger partial charge >= 0.3 is 0 Å². The van der Waals surface area contributed by atoms with Gasteiger partial charge in [0.15, 0.2) is 0 Å². The molecule has 4 aromatic rings. The average molecular weight is 646 g/mol. The number of hydrogen-bond donors (Lipinski definition) is 1. The molecule has 0 aliphatic rings. The van der Waals surface area contributed by atoms with E-state index in [4.69, 9.17) is 11.6 Å². The number of anilines is 1. The zero-order chi connectivity index (χ0) is 32.2. The molecule has 0 aliphatic carbocycles. The van der Waals surface area contributed by atoms with Crippen LogP contribution >= 0.6 is 11.6 Å². The number of nitrogens with one attached hydrogen (secondary N) is 1. The number of aryl methyl sites for hydroxylation is 1. The third-order valence-corrected chi connectivity index (χ3v) is 9.64. The number of carbonyl (C=O) groups is 2. The quantitative estimate of drug-likeness (QED) is 0.147. The highest BCUT2D eigenvalue weighted by Crippen LogP contribution is 2.28. The molecule has 0 aromatic heterocycles. The first-order valence-corrected chi connectivity index (χ1v) is 17.1. The van der Waals surface area contributed by atoms with Gasteiger partial charge in [0, 0.05) is 24.5 Å². The van der Waals surface area contributed by atoms with Crippen LogP contribution in [0.15, 0.2) is 114 Å². The highest BCUT2D eigenvalue weighted by molar-refractivity contribution is 7.92. The summed E-state index contributed by atoms with van der Waals surface area (Å²) < 4.78 is 29.5. The van der Waals surface area contributed by atoms with E-state index in [0.29, 0.717) is 23.7 Å². The molecule has 0 unspecified atom stereocenters. The Hall–Kier alpha value is -4.14. The van der Waals surface area contributed by atoms with Crippen molar-refractivity contribution in [1.29, 1.82) is 0 Å². The number of hydrogen-bond acceptors (Lipinski definition) is 4. The van der Waals surface area contributed by atoms with Gasteiger partial charge in [-0.1, -0.05) is 111 Å². The van der Waals surface area contributed by atoms with Crippen LogP contribution in [0.3, 0.4) is 0 Å². The topological polar surface area (TPSA) is 86.8 Å². The number of para-hydroxylation sites is 1. The highest BCUT2D eigenvalue weighted by atomic mass is 35.5. The van der Waals surface area contributed by atoms with Gasteiger partial charge in [0.1, 0.15) is 12.6 Å². The fourth-order valence-electron chi connectivity index (χ4n) is 5.13. The van der Waals surface area contributed by atoms with E-state index >= 15 is 0 Å². The molecule has 0 bridgehead atoms. The van der Waals surface area contributed by atoms with Crippen molar-refractivity contribution in [1.82, 2.24) is 10.2 Å². The third-order valence-electron chi connectivity index (χ3n) is 7.62. The number of unbranched alkanes of at least 4 members (excludes halogenated alkanes) is 1. The first-order chi connectivity index (χ1) is 21.7. The number of halogens is 1. The van der Waals surface area contributed by atoms with Gasteiger partial charge in [-0.3, -0.25) is 13.9 Å². The minimum Gasteiger partial charge on any atom is -0.354 e. The van der Waals surface area contributed by atoms with E-state index in [1.807, 2.05) is 68.4 Å². The van der Waals surface area contributed by atoms with Gasteiger partial charge in [-0.25, -0.2) is 8.42 Å². The Kier molecular flexibility index (Phi) is 12.2. The highest BCUT2D eigenvalue weighted by Gasteiger charge is 2.35. The Morgan fingerprint density at radius 1 is 0.800 bits per heavy atom. The van der Waals surface area contributed by atoms with Crippen molar-refractivity contribution >= 4 is 39.1 Å². The van der Waals surface area contributed by atoms with Crippen molar-refractivity contribution in [3.63, 3.8) is 0 Å². The Balaban J connectivity index is 1.80. The van der Waals surface area contributed by atoms with Crippen LogP contribution in [-0.4, -0.2) is 44.3 Å². The lowest BCUT2D eigenvalue weighted by atomic mass is 10.0. The molecule has 0 saturated heterocycles. The van der Waals surface area contributed by atoms with Crippen LogP contribution in [0, 0.1) is 0 Å². The number of sulfonamides is 1. The summed E-state index contributed by atoms with van der Waals surface area (Å²) >= 11 is 6.16. The van der Waals surface area contributed by atoms with Crippen molar-refractivity contribution in [2.75, 3.05) is 17.4 Å². The van der Waals surface area contributed by atoms with Crippen LogP contribution in [0.2, 0.25) is 5.02 Å². The molecule has 4 rings (SSSR count). The van der Waals surface area contributed by atoms with Crippen LogP contribution in [0.5, 0.6) is 0 Å². The van der Waals surface area contributed by atoms with E-state index in [-0.39, 0.29) is 23.8 Å². The summed E-state index contributed by atoms with van der Waals surface area (Å²) in [6.45, 7) is 4.05. The zero-order valence-electron chi connectivity index (χ0n) is 25.7. The maximum Gasteiger partial charge on any atom is 0.264 e. The van der Waals surface area contributed by atoms with Crippen LogP contribution in [-0.2, 0) is 39.0 Å². The van der Waals surface area contributed by atoms with Gasteiger partial charge in [0.25, 0.3) is 10.0 Å². The number of rotatable bonds is 15. The molecule has 0 radical (unpaired) electrons. The molecule has 4 aromatic carbocycles. The maximum atomic E-state index is 14.6. The first kappa shape index (κ1) is 33.7. The molecule has 0 spiro atoms. The van der Waals surface area contributed by atoms with E-state index in [0.717, 1.165) is 29.5 Å². The maximum absolute atomic E-state index is 14.6. The number of benzene rings is 4. The van der Waals surface area contributed by atoms with Gasteiger partial charge < -0.3 is 10.2 Å². The SMILES string of the molecule is CCCCNC(=O)[C@H](Cc1ccccc1)N(Cc1ccc(Cl)cc1)C(=O)CN(c1ccccc1CC)S(=O)(=O)c1ccccc1. The van der Waals surface area contributed by atoms with Gasteiger partial charge in [-0.2, -0.15) is 0 Å². The second-order valence-corrected chi connectivity index (χ2v) is 13.1. The molecule has 2 amide bonds. The summed E-state index contributed by atoms with van der Waals surface area (Å²) in [4.78, 5) is 30.0. The van der Waals surface area contributed by atoms with Gasteiger partial charge in [-0.05, 0) is 59.9 Å². The fraction of sp³-hybridized carbons (Fsp3) is 0.278. The lowest BCUT2D eigenvalue weighted by Crippen LogP contribution is -2.53. The van der Waals surface area contributed by atoms with Crippen LogP contribution < -0.4 is 9.62 Å². The molecule has 0 fully saturated rings. The second-order valence-electron chi connectivity index (χ2n) is 10.8. The van der Waals surface area contributed by atoms with E-state index in [9.17, 15) is 18.0 Å². The summed E-state index contributed by atoms with van der Waals surface area (Å²) in [5.74, 6) is -0.789. The van der Waals surface area contributed by atoms with Crippen molar-refractivity contribution < 1.29 is 18.0 Å². The molecule has 1 N–H and O–H groups in total. The molecular formula is C36H40ClN3O4S. The predicted molar refractivity (Wildman–Crippen MR) is 181 cm³/mol. The third kappa shape index (κ3) is 8.96. The fourth-order valence-corrected chi connectivity index (χ4v) is 6.73. The number of nitrogens with zero attached hydrogens (tertiary/aromatic N) is 2. The molecule has 9 heteroatoms. The van der Waals surface area contributed by atoms with Gasteiger partial charge in [0.2, 0.25) is 11.8 Å². The number of amides is 2. The lowest BCUT2D eigenvalue weighted by Gasteiger charge is -2.34. The van der Waals surface area contributed by atoms with Gasteiger partial charge in [0.05, 0.1) is 10.6 Å². The normalized spacial score (nSPS) is 11.9. The van der Waals surface area contributed by atoms with E-state index in [2.05, 4.69) is 5.32 Å². The summed E-state index contributed by atoms with van der Waals surface area (Å²) in [6.07, 6.45) is 2.53. The molecular weight excluding hydrogens is 606 g/mol. The Labute approximate surface area is 271 Å². The standard InChI is InChI=1S/C36H40ClN3O4S/c1-3-5-24-38-36(42)34(25-28-14-8-6-9-15-28)39(26-29-20-22-31(37)23-21-29)35(41)27-40(33-19-13-12-16-30(33)4-2)45(43,44)32-17-10-7-11-18-32/h6-23,34H,3-5,24-27H2,1-2H3,(H,38,42)/t34-/m0/s1. The van der Waals surface area contributed by atoms with Crippen molar-refractivity contribution in [3.05, 3.63) is 131 Å². The Morgan fingerprint density at radius 2 is 1.42 bits per heavy atom. The monoisotopic (exact) mass is 645 g/mol. The van der Waals surface area contributed by atoms with E-state index in [1.54, 1.807) is 42.5 Å². The van der Waals surface area contributed by atoms with E-state index in [1.165, 1.54) is 21.3 Å². The second kappa shape index (κ2) is 16.3. The minimum atomic E-state index is -4.15. The van der Waals surface area contributed by atoms with Crippen LogP contribution in [0.4, 0.5) is 5.69 Å². The van der Waals surface area contributed by atoms with Crippen LogP contribution in [0.1, 0.15) is 43.4 Å². The summed E-state index contributed by atoms with van der Waals surface area (Å²) in [5, 5.41) is 3.56. The molecule has 0 aliphatic heterocycles. The Morgan fingerprint density at radius 3 is 2.07 bits per heavy atom. The van der Waals surface area contributed by atoms with Crippen molar-refractivity contribution in [3.8, 4) is 0 Å². The predicted octanol–water partition coefficient (Wildman–Crippen LogP) is 6.65. The first-order valence-electron chi connectivity index (χ1n) is 15.3. The smallest absolute Gasteiger partial charge is 0.264 e. The lowest BCUT2D eigenvalue weighted by molar-refractivity contribution is -0.140. The summed E-state index contributed by atoms with van der Waals surface area (Å²) in [6, 6.07) is 31.0. The molecule has 1 atom stereocenters. The van der Waals surface area contributed by atoms with Crippen molar-refractivity contribution in [2.45, 2.75) is 57.0 Å². The average Bonchev–Trinajstić information content (AvgIpc) is 3.06. The van der Waals surface area contributed by atoms with Gasteiger partial charge in [-0.15, -0.1) is 0 Å². The molecule has 7 nitrogen and oxygen atoms in total. The molecule has 45 heavy (non-hydrogen) atoms. The minimum absolute atomic E-state index is 0.0751. The summed E-state index contributed by atoms with van der Waals surface area (Å²) in [7, 11) is -4.15.